The third kappa shape index (κ3) is 3.50. The number of likely N-dealkylation sites (N-methyl/N-ethyl adjacent to an activating group) is 1. The Balaban J connectivity index is 2.05. The molecule has 0 heterocycles. The highest BCUT2D eigenvalue weighted by molar-refractivity contribution is 7.89. The standard InChI is InChI=1S/C14H23N3O2S/c1-10-4-5-12(15)8-14(10)20(18,19)16-9-11(2)17(3)13-6-7-13/h4-5,8,11,13,16H,6-7,9,15H2,1-3H3. The molecule has 20 heavy (non-hydrogen) atoms. The van der Waals surface area contributed by atoms with Crippen LogP contribution in [-0.2, 0) is 10.0 Å². The van der Waals surface area contributed by atoms with Gasteiger partial charge in [0.2, 0.25) is 10.0 Å². The van der Waals surface area contributed by atoms with Gasteiger partial charge in [-0.05, 0) is 51.4 Å². The van der Waals surface area contributed by atoms with Crippen molar-refractivity contribution in [2.24, 2.45) is 0 Å². The summed E-state index contributed by atoms with van der Waals surface area (Å²) in [4.78, 5) is 2.49. The van der Waals surface area contributed by atoms with Gasteiger partial charge in [0.1, 0.15) is 0 Å². The summed E-state index contributed by atoms with van der Waals surface area (Å²) >= 11 is 0. The first-order valence-corrected chi connectivity index (χ1v) is 8.37. The number of nitrogen functional groups attached to an aromatic ring is 1. The summed E-state index contributed by atoms with van der Waals surface area (Å²) in [6.07, 6.45) is 2.42. The average molecular weight is 297 g/mol. The lowest BCUT2D eigenvalue weighted by molar-refractivity contribution is 0.248. The summed E-state index contributed by atoms with van der Waals surface area (Å²) in [5.41, 5.74) is 6.84. The Bertz CT molecular complexity index is 582. The topological polar surface area (TPSA) is 75.4 Å². The fourth-order valence-electron chi connectivity index (χ4n) is 2.20. The minimum Gasteiger partial charge on any atom is -0.399 e. The molecule has 3 N–H and O–H groups in total. The molecular formula is C14H23N3O2S. The van der Waals surface area contributed by atoms with E-state index in [1.807, 2.05) is 14.0 Å². The SMILES string of the molecule is Cc1ccc(N)cc1S(=O)(=O)NCC(C)N(C)C1CC1. The smallest absolute Gasteiger partial charge is 0.240 e. The number of rotatable bonds is 6. The molecular weight excluding hydrogens is 274 g/mol. The van der Waals surface area contributed by atoms with Crippen LogP contribution in [0.25, 0.3) is 0 Å². The molecule has 0 aliphatic heterocycles. The fraction of sp³-hybridized carbons (Fsp3) is 0.571. The average Bonchev–Trinajstić information content (AvgIpc) is 3.22. The zero-order chi connectivity index (χ0) is 14.9. The van der Waals surface area contributed by atoms with Crippen LogP contribution in [0.5, 0.6) is 0 Å². The second kappa shape index (κ2) is 5.71. The van der Waals surface area contributed by atoms with E-state index < -0.39 is 10.0 Å². The number of hydrogen-bond acceptors (Lipinski definition) is 4. The Morgan fingerprint density at radius 2 is 2.10 bits per heavy atom. The molecule has 0 saturated heterocycles. The molecule has 0 aromatic heterocycles. The van der Waals surface area contributed by atoms with Gasteiger partial charge in [0.25, 0.3) is 0 Å². The molecule has 1 atom stereocenters. The van der Waals surface area contributed by atoms with E-state index in [4.69, 9.17) is 5.73 Å². The molecule has 1 saturated carbocycles. The van der Waals surface area contributed by atoms with Crippen LogP contribution >= 0.6 is 0 Å². The number of nitrogens with one attached hydrogen (secondary N) is 1. The lowest BCUT2D eigenvalue weighted by Gasteiger charge is -2.24. The first kappa shape index (κ1) is 15.3. The van der Waals surface area contributed by atoms with Gasteiger partial charge in [-0.3, -0.25) is 4.90 Å². The minimum absolute atomic E-state index is 0.179. The lowest BCUT2D eigenvalue weighted by Crippen LogP contribution is -2.41. The van der Waals surface area contributed by atoms with Crippen LogP contribution in [0.15, 0.2) is 23.1 Å². The summed E-state index contributed by atoms with van der Waals surface area (Å²) in [5, 5.41) is 0. The van der Waals surface area contributed by atoms with E-state index in [2.05, 4.69) is 9.62 Å². The van der Waals surface area contributed by atoms with Crippen molar-refractivity contribution in [3.63, 3.8) is 0 Å². The van der Waals surface area contributed by atoms with Gasteiger partial charge >= 0.3 is 0 Å². The first-order valence-electron chi connectivity index (χ1n) is 6.89. The second-order valence-electron chi connectivity index (χ2n) is 5.62. The van der Waals surface area contributed by atoms with Crippen LogP contribution in [0, 0.1) is 6.92 Å². The minimum atomic E-state index is -3.50. The van der Waals surface area contributed by atoms with Crippen molar-refractivity contribution in [2.45, 2.75) is 43.7 Å². The van der Waals surface area contributed by atoms with Crippen molar-refractivity contribution in [1.82, 2.24) is 9.62 Å². The van der Waals surface area contributed by atoms with Crippen LogP contribution in [0.2, 0.25) is 0 Å². The number of aryl methyl sites for hydroxylation is 1. The molecule has 1 unspecified atom stereocenters. The molecule has 0 amide bonds. The Labute approximate surface area is 121 Å². The number of anilines is 1. The zero-order valence-electron chi connectivity index (χ0n) is 12.3. The molecule has 0 spiro atoms. The normalized spacial score (nSPS) is 17.4. The first-order chi connectivity index (χ1) is 9.31. The van der Waals surface area contributed by atoms with Gasteiger partial charge in [-0.25, -0.2) is 13.1 Å². The molecule has 1 aliphatic carbocycles. The van der Waals surface area contributed by atoms with E-state index in [9.17, 15) is 8.42 Å². The van der Waals surface area contributed by atoms with E-state index in [0.717, 1.165) is 0 Å². The Hall–Kier alpha value is -1.11. The number of nitrogens with two attached hydrogens (primary N) is 1. The van der Waals surface area contributed by atoms with Gasteiger partial charge in [-0.15, -0.1) is 0 Å². The summed E-state index contributed by atoms with van der Waals surface area (Å²) in [5.74, 6) is 0. The molecule has 1 aliphatic rings. The van der Waals surface area contributed by atoms with Gasteiger partial charge in [-0.2, -0.15) is 0 Å². The van der Waals surface area contributed by atoms with E-state index in [-0.39, 0.29) is 10.9 Å². The maximum atomic E-state index is 12.3. The predicted molar refractivity (Wildman–Crippen MR) is 81.0 cm³/mol. The van der Waals surface area contributed by atoms with Crippen LogP contribution in [0.1, 0.15) is 25.3 Å². The molecule has 112 valence electrons. The molecule has 1 aromatic rings. The molecule has 0 bridgehead atoms. The summed E-state index contributed by atoms with van der Waals surface area (Å²) in [7, 11) is -1.46. The second-order valence-corrected chi connectivity index (χ2v) is 7.36. The number of benzene rings is 1. The van der Waals surface area contributed by atoms with Crippen LogP contribution in [0.4, 0.5) is 5.69 Å². The van der Waals surface area contributed by atoms with Gasteiger partial charge in [0.15, 0.2) is 0 Å². The van der Waals surface area contributed by atoms with Crippen LogP contribution in [-0.4, -0.2) is 39.0 Å². The zero-order valence-corrected chi connectivity index (χ0v) is 13.1. The molecule has 0 radical (unpaired) electrons. The Kier molecular flexibility index (Phi) is 4.36. The van der Waals surface area contributed by atoms with Crippen molar-refractivity contribution in [3.05, 3.63) is 23.8 Å². The highest BCUT2D eigenvalue weighted by Crippen LogP contribution is 2.27. The van der Waals surface area contributed by atoms with Crippen molar-refractivity contribution in [2.75, 3.05) is 19.3 Å². The van der Waals surface area contributed by atoms with Gasteiger partial charge < -0.3 is 5.73 Å². The maximum absolute atomic E-state index is 12.3. The molecule has 2 rings (SSSR count). The van der Waals surface area contributed by atoms with Crippen molar-refractivity contribution in [1.29, 1.82) is 0 Å². The maximum Gasteiger partial charge on any atom is 0.240 e. The molecule has 5 nitrogen and oxygen atoms in total. The monoisotopic (exact) mass is 297 g/mol. The van der Waals surface area contributed by atoms with Gasteiger partial charge in [0, 0.05) is 24.3 Å². The van der Waals surface area contributed by atoms with Gasteiger partial charge in [0.05, 0.1) is 4.90 Å². The van der Waals surface area contributed by atoms with Crippen LogP contribution < -0.4 is 10.5 Å². The quantitative estimate of drug-likeness (QED) is 0.777. The van der Waals surface area contributed by atoms with Crippen molar-refractivity contribution in [3.8, 4) is 0 Å². The number of nitrogens with zero attached hydrogens (tertiary/aromatic N) is 1. The van der Waals surface area contributed by atoms with E-state index in [1.165, 1.54) is 18.9 Å². The lowest BCUT2D eigenvalue weighted by atomic mass is 10.2. The molecule has 1 aromatic carbocycles. The Morgan fingerprint density at radius 3 is 2.70 bits per heavy atom. The summed E-state index contributed by atoms with van der Waals surface area (Å²) in [6.45, 7) is 4.21. The van der Waals surface area contributed by atoms with Gasteiger partial charge in [-0.1, -0.05) is 6.07 Å². The Morgan fingerprint density at radius 1 is 1.45 bits per heavy atom. The van der Waals surface area contributed by atoms with Crippen molar-refractivity contribution < 1.29 is 8.42 Å². The largest absolute Gasteiger partial charge is 0.399 e. The van der Waals surface area contributed by atoms with E-state index in [1.54, 1.807) is 19.1 Å². The predicted octanol–water partition coefficient (Wildman–Crippen LogP) is 1.34. The third-order valence-corrected chi connectivity index (χ3v) is 5.45. The molecule has 6 heteroatoms. The fourth-order valence-corrected chi connectivity index (χ4v) is 3.60. The number of sulfonamides is 1. The highest BCUT2D eigenvalue weighted by atomic mass is 32.2. The van der Waals surface area contributed by atoms with E-state index in [0.29, 0.717) is 23.8 Å². The number of hydrogen-bond donors (Lipinski definition) is 2. The molecule has 1 fully saturated rings. The highest BCUT2D eigenvalue weighted by Gasteiger charge is 2.29. The summed E-state index contributed by atoms with van der Waals surface area (Å²) < 4.78 is 27.3. The van der Waals surface area contributed by atoms with Crippen molar-refractivity contribution >= 4 is 15.7 Å². The summed E-state index contributed by atoms with van der Waals surface area (Å²) in [6, 6.07) is 5.73. The third-order valence-electron chi connectivity index (χ3n) is 3.89. The van der Waals surface area contributed by atoms with Crippen LogP contribution in [0.3, 0.4) is 0 Å². The van der Waals surface area contributed by atoms with E-state index >= 15 is 0 Å².